The summed E-state index contributed by atoms with van der Waals surface area (Å²) in [5.41, 5.74) is 0.814. The van der Waals surface area contributed by atoms with E-state index in [4.69, 9.17) is 0 Å². The third kappa shape index (κ3) is 5.53. The Hall–Kier alpha value is -0.410. The zero-order valence-electron chi connectivity index (χ0n) is 12.9. The predicted molar refractivity (Wildman–Crippen MR) is 88.6 cm³/mol. The van der Waals surface area contributed by atoms with Gasteiger partial charge in [0, 0.05) is 10.5 Å². The molecule has 20 heavy (non-hydrogen) atoms. The molecule has 1 rings (SSSR count). The highest BCUT2D eigenvalue weighted by Crippen LogP contribution is 2.23. The van der Waals surface area contributed by atoms with Crippen LogP contribution in [-0.2, 0) is 6.42 Å². The summed E-state index contributed by atoms with van der Waals surface area (Å²) in [7, 11) is 0. The molecule has 0 aromatic heterocycles. The maximum atomic E-state index is 14.0. The molecule has 0 bridgehead atoms. The SMILES string of the molecule is CCCCC(CC)C(Cc1ccc(Br)cc1F)NCC. The van der Waals surface area contributed by atoms with Crippen LogP contribution in [0.4, 0.5) is 4.39 Å². The Bertz CT molecular complexity index is 395. The highest BCUT2D eigenvalue weighted by molar-refractivity contribution is 9.10. The number of hydrogen-bond donors (Lipinski definition) is 1. The molecule has 0 heterocycles. The average Bonchev–Trinajstić information content (AvgIpc) is 2.42. The van der Waals surface area contributed by atoms with Gasteiger partial charge < -0.3 is 5.32 Å². The monoisotopic (exact) mass is 343 g/mol. The molecular formula is C17H27BrFN. The molecule has 1 aromatic carbocycles. The summed E-state index contributed by atoms with van der Waals surface area (Å²) in [4.78, 5) is 0. The van der Waals surface area contributed by atoms with Crippen LogP contribution in [0.3, 0.4) is 0 Å². The zero-order valence-corrected chi connectivity index (χ0v) is 14.5. The quantitative estimate of drug-likeness (QED) is 0.639. The van der Waals surface area contributed by atoms with Crippen molar-refractivity contribution in [2.75, 3.05) is 6.54 Å². The number of rotatable bonds is 9. The van der Waals surface area contributed by atoms with Crippen LogP contribution in [0.1, 0.15) is 52.0 Å². The summed E-state index contributed by atoms with van der Waals surface area (Å²) in [6.45, 7) is 7.52. The number of unbranched alkanes of at least 4 members (excludes halogenated alkanes) is 1. The molecule has 0 radical (unpaired) electrons. The van der Waals surface area contributed by atoms with E-state index in [9.17, 15) is 4.39 Å². The van der Waals surface area contributed by atoms with Crippen LogP contribution in [0, 0.1) is 11.7 Å². The van der Waals surface area contributed by atoms with Crippen molar-refractivity contribution < 1.29 is 4.39 Å². The van der Waals surface area contributed by atoms with Gasteiger partial charge in [-0.05, 0) is 43.0 Å². The lowest BCUT2D eigenvalue weighted by Gasteiger charge is -2.27. The van der Waals surface area contributed by atoms with Crippen molar-refractivity contribution in [3.05, 3.63) is 34.1 Å². The van der Waals surface area contributed by atoms with E-state index in [2.05, 4.69) is 42.0 Å². The van der Waals surface area contributed by atoms with Crippen molar-refractivity contribution in [1.29, 1.82) is 0 Å². The molecule has 0 spiro atoms. The van der Waals surface area contributed by atoms with Crippen LogP contribution in [0.2, 0.25) is 0 Å². The van der Waals surface area contributed by atoms with Gasteiger partial charge in [0.2, 0.25) is 0 Å². The smallest absolute Gasteiger partial charge is 0.127 e. The number of hydrogen-bond acceptors (Lipinski definition) is 1. The van der Waals surface area contributed by atoms with E-state index in [1.54, 1.807) is 6.07 Å². The van der Waals surface area contributed by atoms with E-state index in [0.29, 0.717) is 12.0 Å². The minimum atomic E-state index is -0.104. The lowest BCUT2D eigenvalue weighted by molar-refractivity contribution is 0.317. The molecule has 1 nitrogen and oxygen atoms in total. The van der Waals surface area contributed by atoms with Gasteiger partial charge in [0.25, 0.3) is 0 Å². The van der Waals surface area contributed by atoms with Gasteiger partial charge in [-0.2, -0.15) is 0 Å². The van der Waals surface area contributed by atoms with E-state index in [0.717, 1.165) is 29.4 Å². The third-order valence-corrected chi connectivity index (χ3v) is 4.44. The highest BCUT2D eigenvalue weighted by atomic mass is 79.9. The van der Waals surface area contributed by atoms with E-state index in [-0.39, 0.29) is 5.82 Å². The van der Waals surface area contributed by atoms with Gasteiger partial charge in [-0.15, -0.1) is 0 Å². The van der Waals surface area contributed by atoms with Crippen LogP contribution in [0.25, 0.3) is 0 Å². The van der Waals surface area contributed by atoms with Crippen molar-refractivity contribution in [2.24, 2.45) is 5.92 Å². The van der Waals surface area contributed by atoms with E-state index >= 15 is 0 Å². The van der Waals surface area contributed by atoms with Crippen molar-refractivity contribution in [3.63, 3.8) is 0 Å². The second-order valence-corrected chi connectivity index (χ2v) is 6.33. The van der Waals surface area contributed by atoms with Gasteiger partial charge in [0.1, 0.15) is 5.82 Å². The molecule has 2 atom stereocenters. The van der Waals surface area contributed by atoms with Gasteiger partial charge in [-0.3, -0.25) is 0 Å². The first kappa shape index (κ1) is 17.6. The summed E-state index contributed by atoms with van der Waals surface area (Å²) in [5, 5.41) is 3.55. The lowest BCUT2D eigenvalue weighted by atomic mass is 9.87. The fourth-order valence-corrected chi connectivity index (χ4v) is 3.08. The minimum absolute atomic E-state index is 0.104. The Labute approximate surface area is 131 Å². The second-order valence-electron chi connectivity index (χ2n) is 5.41. The largest absolute Gasteiger partial charge is 0.314 e. The maximum absolute atomic E-state index is 14.0. The van der Waals surface area contributed by atoms with Crippen molar-refractivity contribution >= 4 is 15.9 Å². The minimum Gasteiger partial charge on any atom is -0.314 e. The predicted octanol–water partition coefficient (Wildman–Crippen LogP) is 5.33. The maximum Gasteiger partial charge on any atom is 0.127 e. The van der Waals surface area contributed by atoms with E-state index in [1.165, 1.54) is 19.3 Å². The van der Waals surface area contributed by atoms with Gasteiger partial charge in [0.15, 0.2) is 0 Å². The molecule has 114 valence electrons. The zero-order chi connectivity index (χ0) is 15.0. The first-order valence-corrected chi connectivity index (χ1v) is 8.58. The summed E-state index contributed by atoms with van der Waals surface area (Å²) in [5.74, 6) is 0.519. The van der Waals surface area contributed by atoms with Crippen molar-refractivity contribution in [3.8, 4) is 0 Å². The topological polar surface area (TPSA) is 12.0 Å². The summed E-state index contributed by atoms with van der Waals surface area (Å²) < 4.78 is 14.8. The van der Waals surface area contributed by atoms with Crippen LogP contribution in [0.5, 0.6) is 0 Å². The molecule has 0 aliphatic heterocycles. The molecular weight excluding hydrogens is 317 g/mol. The standard InChI is InChI=1S/C17H27BrFN/c1-4-7-8-13(5-2)17(20-6-3)11-14-9-10-15(18)12-16(14)19/h9-10,12-13,17,20H,4-8,11H2,1-3H3. The first-order valence-electron chi connectivity index (χ1n) is 7.79. The lowest BCUT2D eigenvalue weighted by Crippen LogP contribution is -2.38. The molecule has 2 unspecified atom stereocenters. The average molecular weight is 344 g/mol. The molecule has 0 fully saturated rings. The third-order valence-electron chi connectivity index (χ3n) is 3.94. The number of benzene rings is 1. The number of nitrogens with one attached hydrogen (secondary N) is 1. The van der Waals surface area contributed by atoms with Gasteiger partial charge in [-0.25, -0.2) is 4.39 Å². The van der Waals surface area contributed by atoms with E-state index < -0.39 is 0 Å². The second kappa shape index (κ2) is 9.51. The number of likely N-dealkylation sites (N-methyl/N-ethyl adjacent to an activating group) is 1. The Kier molecular flexibility index (Phi) is 8.39. The van der Waals surface area contributed by atoms with Gasteiger partial charge in [-0.1, -0.05) is 62.0 Å². The van der Waals surface area contributed by atoms with Gasteiger partial charge >= 0.3 is 0 Å². The summed E-state index contributed by atoms with van der Waals surface area (Å²) in [6.07, 6.45) is 5.62. The number of halogens is 2. The molecule has 1 aromatic rings. The van der Waals surface area contributed by atoms with Crippen LogP contribution in [-0.4, -0.2) is 12.6 Å². The molecule has 3 heteroatoms. The van der Waals surface area contributed by atoms with Crippen molar-refractivity contribution in [1.82, 2.24) is 5.32 Å². The molecule has 0 aliphatic carbocycles. The Balaban J connectivity index is 2.78. The fraction of sp³-hybridized carbons (Fsp3) is 0.647. The fourth-order valence-electron chi connectivity index (χ4n) is 2.75. The Morgan fingerprint density at radius 2 is 2.00 bits per heavy atom. The van der Waals surface area contributed by atoms with Crippen LogP contribution in [0.15, 0.2) is 22.7 Å². The Morgan fingerprint density at radius 3 is 2.55 bits per heavy atom. The molecule has 1 N–H and O–H groups in total. The van der Waals surface area contributed by atoms with Crippen LogP contribution >= 0.6 is 15.9 Å². The Morgan fingerprint density at radius 1 is 1.25 bits per heavy atom. The summed E-state index contributed by atoms with van der Waals surface area (Å²) >= 11 is 3.31. The van der Waals surface area contributed by atoms with Crippen molar-refractivity contribution in [2.45, 2.75) is 58.9 Å². The summed E-state index contributed by atoms with van der Waals surface area (Å²) in [6, 6.07) is 5.75. The highest BCUT2D eigenvalue weighted by Gasteiger charge is 2.20. The van der Waals surface area contributed by atoms with Crippen LogP contribution < -0.4 is 5.32 Å². The molecule has 0 aliphatic rings. The first-order chi connectivity index (χ1) is 9.62. The molecule has 0 saturated heterocycles. The molecule has 0 amide bonds. The van der Waals surface area contributed by atoms with Gasteiger partial charge in [0.05, 0.1) is 0 Å². The van der Waals surface area contributed by atoms with E-state index in [1.807, 2.05) is 12.1 Å². The molecule has 0 saturated carbocycles. The normalized spacial score (nSPS) is 14.2.